The third-order valence-corrected chi connectivity index (χ3v) is 9.03. The van der Waals surface area contributed by atoms with Crippen LogP contribution in [0, 0.1) is 22.7 Å². The topological polar surface area (TPSA) is 38.5 Å². The van der Waals surface area contributed by atoms with Gasteiger partial charge in [0.15, 0.2) is 0 Å². The Balaban J connectivity index is 1.70. The second-order valence-corrected chi connectivity index (χ2v) is 11.9. The molecule has 3 heteroatoms. The van der Waals surface area contributed by atoms with E-state index in [1.807, 2.05) is 7.11 Å². The second-order valence-electron chi connectivity index (χ2n) is 11.9. The maximum atomic E-state index is 6.84. The number of methoxy groups -OCH3 is 1. The minimum atomic E-state index is -0.234. The van der Waals surface area contributed by atoms with Gasteiger partial charge in [0, 0.05) is 31.0 Å². The second kappa shape index (κ2) is 9.69. The molecule has 35 heavy (non-hydrogen) atoms. The van der Waals surface area contributed by atoms with E-state index >= 15 is 0 Å². The molecular formula is C32H42N2O. The number of hydrogen-bond donors (Lipinski definition) is 1. The highest BCUT2D eigenvalue weighted by atomic mass is 16.5. The summed E-state index contributed by atoms with van der Waals surface area (Å²) in [6.45, 7) is 9.86. The zero-order valence-corrected chi connectivity index (χ0v) is 21.9. The van der Waals surface area contributed by atoms with Gasteiger partial charge in [0.1, 0.15) is 0 Å². The first kappa shape index (κ1) is 24.5. The fourth-order valence-corrected chi connectivity index (χ4v) is 7.32. The fourth-order valence-electron chi connectivity index (χ4n) is 7.32. The molecule has 3 fully saturated rings. The molecule has 2 unspecified atom stereocenters. The number of nitrogens with two attached hydrogens (primary N) is 1. The van der Waals surface area contributed by atoms with Gasteiger partial charge >= 0.3 is 0 Å². The first-order valence-corrected chi connectivity index (χ1v) is 13.4. The van der Waals surface area contributed by atoms with Crippen LogP contribution in [0.2, 0.25) is 0 Å². The zero-order chi connectivity index (χ0) is 24.6. The Hall–Kier alpha value is -2.20. The van der Waals surface area contributed by atoms with Gasteiger partial charge in [-0.25, -0.2) is 0 Å². The van der Waals surface area contributed by atoms with E-state index in [4.69, 9.17) is 10.5 Å². The number of allylic oxidation sites excluding steroid dienone is 2. The monoisotopic (exact) mass is 470 g/mol. The van der Waals surface area contributed by atoms with E-state index in [1.165, 1.54) is 42.6 Å². The molecule has 4 atom stereocenters. The quantitative estimate of drug-likeness (QED) is 0.560. The van der Waals surface area contributed by atoms with Crippen molar-refractivity contribution in [2.75, 3.05) is 26.7 Å². The fraction of sp³-hybridized carbons (Fsp3) is 0.500. The van der Waals surface area contributed by atoms with Crippen molar-refractivity contribution >= 4 is 0 Å². The molecule has 0 saturated carbocycles. The first-order chi connectivity index (χ1) is 16.9. The van der Waals surface area contributed by atoms with Gasteiger partial charge < -0.3 is 10.5 Å². The summed E-state index contributed by atoms with van der Waals surface area (Å²) in [6, 6.07) is 22.7. The summed E-state index contributed by atoms with van der Waals surface area (Å²) in [5.41, 5.74) is 10.8. The summed E-state index contributed by atoms with van der Waals surface area (Å²) in [6.07, 6.45) is 9.59. The average molecular weight is 471 g/mol. The number of piperidine rings is 3. The van der Waals surface area contributed by atoms with Crippen molar-refractivity contribution in [3.8, 4) is 0 Å². The molecule has 3 nitrogen and oxygen atoms in total. The lowest BCUT2D eigenvalue weighted by Crippen LogP contribution is -2.65. The van der Waals surface area contributed by atoms with Crippen LogP contribution in [0.4, 0.5) is 0 Å². The maximum absolute atomic E-state index is 6.84. The number of benzene rings is 2. The molecule has 6 rings (SSSR count). The first-order valence-electron chi connectivity index (χ1n) is 13.4. The van der Waals surface area contributed by atoms with Gasteiger partial charge in [-0.2, -0.15) is 0 Å². The van der Waals surface area contributed by atoms with Crippen molar-refractivity contribution in [2.24, 2.45) is 28.4 Å². The van der Waals surface area contributed by atoms with Crippen molar-refractivity contribution in [3.05, 3.63) is 95.6 Å². The van der Waals surface area contributed by atoms with E-state index in [1.54, 1.807) is 0 Å². The highest BCUT2D eigenvalue weighted by Gasteiger charge is 2.57. The van der Waals surface area contributed by atoms with Crippen molar-refractivity contribution in [3.63, 3.8) is 0 Å². The van der Waals surface area contributed by atoms with Gasteiger partial charge in [-0.15, -0.1) is 0 Å². The predicted molar refractivity (Wildman–Crippen MR) is 145 cm³/mol. The van der Waals surface area contributed by atoms with Crippen LogP contribution in [-0.4, -0.2) is 43.8 Å². The molecular weight excluding hydrogens is 428 g/mol. The van der Waals surface area contributed by atoms with Crippen LogP contribution in [0.25, 0.3) is 0 Å². The number of rotatable bonds is 6. The maximum Gasteiger partial charge on any atom is 0.0861 e. The van der Waals surface area contributed by atoms with E-state index in [0.29, 0.717) is 30.3 Å². The van der Waals surface area contributed by atoms with Crippen molar-refractivity contribution in [1.29, 1.82) is 0 Å². The van der Waals surface area contributed by atoms with Crippen LogP contribution in [0.15, 0.2) is 84.5 Å². The standard InChI is InChI=1S/C32H42N2O/c1-31(2,3)26-15-16-27(35-4)32(21-26,22-33)29-25-17-19-34(20-18-25)30(29)28(23-11-7-5-8-12-23)24-13-9-6-10-14-24/h5-16,21,25,27-30H,17-20,22,33H2,1-4H3/t27-,29+,30?,32?/m0/s1. The van der Waals surface area contributed by atoms with Crippen LogP contribution in [0.1, 0.15) is 50.7 Å². The van der Waals surface area contributed by atoms with E-state index in [9.17, 15) is 0 Å². The molecule has 2 bridgehead atoms. The summed E-state index contributed by atoms with van der Waals surface area (Å²) < 4.78 is 6.23. The van der Waals surface area contributed by atoms with E-state index < -0.39 is 0 Å². The highest BCUT2D eigenvalue weighted by molar-refractivity contribution is 5.40. The van der Waals surface area contributed by atoms with Gasteiger partial charge in [-0.05, 0) is 59.9 Å². The molecule has 2 N–H and O–H groups in total. The number of fused-ring (bicyclic) bond motifs is 3. The summed E-state index contributed by atoms with van der Waals surface area (Å²) in [4.78, 5) is 2.78. The molecule has 3 aliphatic heterocycles. The molecule has 0 spiro atoms. The Kier molecular flexibility index (Phi) is 6.78. The molecule has 0 radical (unpaired) electrons. The molecule has 1 aliphatic carbocycles. The molecule has 186 valence electrons. The van der Waals surface area contributed by atoms with Crippen LogP contribution < -0.4 is 5.73 Å². The Morgan fingerprint density at radius 3 is 2.03 bits per heavy atom. The van der Waals surface area contributed by atoms with E-state index in [0.717, 1.165) is 0 Å². The number of nitrogens with zero attached hydrogens (tertiary/aromatic N) is 1. The predicted octanol–water partition coefficient (Wildman–Crippen LogP) is 6.03. The lowest BCUT2D eigenvalue weighted by molar-refractivity contribution is -0.101. The lowest BCUT2D eigenvalue weighted by Gasteiger charge is -2.61. The van der Waals surface area contributed by atoms with Gasteiger partial charge in [0.25, 0.3) is 0 Å². The van der Waals surface area contributed by atoms with E-state index in [-0.39, 0.29) is 16.9 Å². The Morgan fingerprint density at radius 1 is 0.971 bits per heavy atom. The molecule has 4 aliphatic rings. The number of hydrogen-bond acceptors (Lipinski definition) is 3. The largest absolute Gasteiger partial charge is 0.376 e. The molecule has 0 aromatic heterocycles. The molecule has 3 saturated heterocycles. The van der Waals surface area contributed by atoms with Gasteiger partial charge in [-0.1, -0.05) is 99.7 Å². The Labute approximate surface area is 212 Å². The van der Waals surface area contributed by atoms with Gasteiger partial charge in [0.2, 0.25) is 0 Å². The minimum absolute atomic E-state index is 0.0150. The third-order valence-electron chi connectivity index (χ3n) is 9.03. The summed E-state index contributed by atoms with van der Waals surface area (Å²) >= 11 is 0. The van der Waals surface area contributed by atoms with Crippen LogP contribution in [-0.2, 0) is 4.74 Å². The molecule has 2 aromatic carbocycles. The Morgan fingerprint density at radius 2 is 1.54 bits per heavy atom. The zero-order valence-electron chi connectivity index (χ0n) is 21.9. The highest BCUT2D eigenvalue weighted by Crippen LogP contribution is 2.56. The lowest BCUT2D eigenvalue weighted by atomic mass is 9.53. The molecule has 3 heterocycles. The summed E-state index contributed by atoms with van der Waals surface area (Å²) in [5.74, 6) is 1.35. The van der Waals surface area contributed by atoms with E-state index in [2.05, 4.69) is 105 Å². The van der Waals surface area contributed by atoms with Crippen LogP contribution in [0.5, 0.6) is 0 Å². The molecule has 0 amide bonds. The van der Waals surface area contributed by atoms with Crippen LogP contribution >= 0.6 is 0 Å². The Bertz CT molecular complexity index is 1010. The van der Waals surface area contributed by atoms with Crippen LogP contribution in [0.3, 0.4) is 0 Å². The summed E-state index contributed by atoms with van der Waals surface area (Å²) in [7, 11) is 1.86. The van der Waals surface area contributed by atoms with Crippen molar-refractivity contribution in [1.82, 2.24) is 4.90 Å². The number of ether oxygens (including phenoxy) is 1. The normalized spacial score (nSPS) is 32.6. The van der Waals surface area contributed by atoms with Crippen molar-refractivity contribution < 1.29 is 4.74 Å². The van der Waals surface area contributed by atoms with Gasteiger partial charge in [0.05, 0.1) is 6.10 Å². The third kappa shape index (κ3) is 4.33. The van der Waals surface area contributed by atoms with Crippen molar-refractivity contribution in [2.45, 2.75) is 51.7 Å². The smallest absolute Gasteiger partial charge is 0.0861 e. The molecule has 2 aromatic rings. The van der Waals surface area contributed by atoms with Gasteiger partial charge in [-0.3, -0.25) is 4.90 Å². The summed E-state index contributed by atoms with van der Waals surface area (Å²) in [5, 5.41) is 0. The average Bonchev–Trinajstić information content (AvgIpc) is 2.89. The SMILES string of the molecule is CO[C@H]1C=CC(C(C)(C)C)=CC1(CN)[C@@H]1C2CCN(CC2)C1C(c1ccccc1)c1ccccc1. The minimum Gasteiger partial charge on any atom is -0.376 e.